The minimum atomic E-state index is -2.48. The van der Waals surface area contributed by atoms with E-state index in [0.717, 1.165) is 0 Å². The molecule has 0 spiro atoms. The number of carboxylic acids is 1. The third-order valence-electron chi connectivity index (χ3n) is 1.48. The number of carbonyl (C=O) groups is 1. The Bertz CT molecular complexity index is 328. The lowest BCUT2D eigenvalue weighted by Gasteiger charge is -2.02. The zero-order valence-electron chi connectivity index (χ0n) is 7.11. The molecule has 0 atom stereocenters. The highest BCUT2D eigenvalue weighted by Gasteiger charge is 2.06. The number of halogens is 2. The largest absolute Gasteiger partial charge is 0.481 e. The fourth-order valence-corrected chi connectivity index (χ4v) is 1.59. The summed E-state index contributed by atoms with van der Waals surface area (Å²) in [6, 6.07) is 6.17. The van der Waals surface area contributed by atoms with Gasteiger partial charge in [-0.05, 0) is 17.7 Å². The van der Waals surface area contributed by atoms with E-state index in [2.05, 4.69) is 0 Å². The van der Waals surface area contributed by atoms with Crippen LogP contribution in [0.1, 0.15) is 5.56 Å². The van der Waals surface area contributed by atoms with Crippen molar-refractivity contribution in [3.05, 3.63) is 29.8 Å². The first-order valence-electron chi connectivity index (χ1n) is 3.83. The molecule has 5 heteroatoms. The molecule has 14 heavy (non-hydrogen) atoms. The maximum atomic E-state index is 12.0. The summed E-state index contributed by atoms with van der Waals surface area (Å²) in [5.41, 5.74) is 0.531. The predicted octanol–water partition coefficient (Wildman–Crippen LogP) is 2.63. The monoisotopic (exact) mass is 218 g/mol. The molecule has 0 aliphatic heterocycles. The van der Waals surface area contributed by atoms with Crippen LogP contribution in [0.5, 0.6) is 0 Å². The van der Waals surface area contributed by atoms with Crippen LogP contribution in [0.25, 0.3) is 0 Å². The van der Waals surface area contributed by atoms with Gasteiger partial charge in [-0.1, -0.05) is 23.9 Å². The van der Waals surface area contributed by atoms with Crippen LogP contribution in [-0.4, -0.2) is 16.8 Å². The number of hydrogen-bond acceptors (Lipinski definition) is 2. The van der Waals surface area contributed by atoms with Gasteiger partial charge in [0.05, 0.1) is 6.42 Å². The van der Waals surface area contributed by atoms with Gasteiger partial charge in [-0.3, -0.25) is 4.79 Å². The molecule has 0 radical (unpaired) electrons. The van der Waals surface area contributed by atoms with Crippen LogP contribution in [0.15, 0.2) is 29.2 Å². The Balaban J connectivity index is 2.73. The van der Waals surface area contributed by atoms with E-state index in [9.17, 15) is 13.6 Å². The van der Waals surface area contributed by atoms with Crippen LogP contribution in [0.4, 0.5) is 8.78 Å². The lowest BCUT2D eigenvalue weighted by molar-refractivity contribution is -0.136. The molecule has 0 bridgehead atoms. The van der Waals surface area contributed by atoms with E-state index >= 15 is 0 Å². The van der Waals surface area contributed by atoms with Gasteiger partial charge in [0.25, 0.3) is 5.76 Å². The van der Waals surface area contributed by atoms with E-state index in [-0.39, 0.29) is 6.42 Å². The van der Waals surface area contributed by atoms with Gasteiger partial charge in [0.2, 0.25) is 0 Å². The highest BCUT2D eigenvalue weighted by molar-refractivity contribution is 7.99. The molecule has 0 saturated carbocycles. The maximum Gasteiger partial charge on any atom is 0.307 e. The van der Waals surface area contributed by atoms with E-state index in [4.69, 9.17) is 5.11 Å². The van der Waals surface area contributed by atoms with Crippen LogP contribution in [0.3, 0.4) is 0 Å². The molecular weight excluding hydrogens is 210 g/mol. The molecule has 0 heterocycles. The van der Waals surface area contributed by atoms with E-state index in [1.165, 1.54) is 12.1 Å². The van der Waals surface area contributed by atoms with Crippen molar-refractivity contribution in [3.8, 4) is 0 Å². The second-order valence-corrected chi connectivity index (χ2v) is 3.66. The molecule has 0 fully saturated rings. The van der Waals surface area contributed by atoms with Gasteiger partial charge in [-0.25, -0.2) is 0 Å². The second-order valence-electron chi connectivity index (χ2n) is 2.60. The van der Waals surface area contributed by atoms with Gasteiger partial charge >= 0.3 is 5.97 Å². The van der Waals surface area contributed by atoms with Crippen LogP contribution >= 0.6 is 11.8 Å². The fourth-order valence-electron chi connectivity index (χ4n) is 1.01. The third-order valence-corrected chi connectivity index (χ3v) is 2.18. The van der Waals surface area contributed by atoms with Crippen molar-refractivity contribution in [1.82, 2.24) is 0 Å². The van der Waals surface area contributed by atoms with Crippen LogP contribution < -0.4 is 0 Å². The molecule has 0 aliphatic rings. The average Bonchev–Trinajstić information content (AvgIpc) is 2.01. The zero-order chi connectivity index (χ0) is 10.6. The van der Waals surface area contributed by atoms with Crippen molar-refractivity contribution in [2.45, 2.75) is 17.1 Å². The van der Waals surface area contributed by atoms with Gasteiger partial charge in [0, 0.05) is 4.90 Å². The molecule has 0 unspecified atom stereocenters. The third kappa shape index (κ3) is 3.74. The highest BCUT2D eigenvalue weighted by Crippen LogP contribution is 2.25. The predicted molar refractivity (Wildman–Crippen MR) is 49.6 cm³/mol. The Kier molecular flexibility index (Phi) is 3.88. The number of rotatable bonds is 4. The quantitative estimate of drug-likeness (QED) is 0.789. The van der Waals surface area contributed by atoms with Crippen molar-refractivity contribution >= 4 is 17.7 Å². The minimum absolute atomic E-state index is 0.141. The Hall–Kier alpha value is -1.10. The van der Waals surface area contributed by atoms with Crippen molar-refractivity contribution in [2.24, 2.45) is 0 Å². The van der Waals surface area contributed by atoms with Crippen LogP contribution in [0.2, 0.25) is 0 Å². The minimum Gasteiger partial charge on any atom is -0.481 e. The average molecular weight is 218 g/mol. The number of aliphatic carboxylic acids is 1. The van der Waals surface area contributed by atoms with Crippen LogP contribution in [0, 0.1) is 0 Å². The molecule has 0 aromatic heterocycles. The summed E-state index contributed by atoms with van der Waals surface area (Å²) >= 11 is 0.413. The first kappa shape index (κ1) is 11.0. The number of carboxylic acid groups (broad SMARTS) is 1. The van der Waals surface area contributed by atoms with Gasteiger partial charge < -0.3 is 5.11 Å². The lowest BCUT2D eigenvalue weighted by Crippen LogP contribution is -1.99. The van der Waals surface area contributed by atoms with Gasteiger partial charge in [-0.2, -0.15) is 8.78 Å². The first-order valence-corrected chi connectivity index (χ1v) is 4.71. The summed E-state index contributed by atoms with van der Waals surface area (Å²) in [6.45, 7) is 0. The van der Waals surface area contributed by atoms with Gasteiger partial charge in [-0.15, -0.1) is 0 Å². The molecule has 1 aromatic carbocycles. The normalized spacial score (nSPS) is 10.5. The summed E-state index contributed by atoms with van der Waals surface area (Å²) in [6.07, 6.45) is -0.141. The number of alkyl halides is 2. The van der Waals surface area contributed by atoms with Crippen LogP contribution in [-0.2, 0) is 11.2 Å². The first-order chi connectivity index (χ1) is 6.58. The SMILES string of the molecule is O=C(O)Cc1cccc(SC(F)F)c1. The topological polar surface area (TPSA) is 37.3 Å². The molecule has 2 nitrogen and oxygen atoms in total. The van der Waals surface area contributed by atoms with Gasteiger partial charge in [0.15, 0.2) is 0 Å². The van der Waals surface area contributed by atoms with Crippen molar-refractivity contribution in [1.29, 1.82) is 0 Å². The molecular formula is C9H8F2O2S. The number of hydrogen-bond donors (Lipinski definition) is 1. The molecule has 1 rings (SSSR count). The maximum absolute atomic E-state index is 12.0. The Morgan fingerprint density at radius 2 is 2.21 bits per heavy atom. The molecule has 0 aliphatic carbocycles. The number of thioether (sulfide) groups is 1. The molecule has 1 N–H and O–H groups in total. The summed E-state index contributed by atoms with van der Waals surface area (Å²) in [4.78, 5) is 10.7. The molecule has 76 valence electrons. The molecule has 1 aromatic rings. The standard InChI is InChI=1S/C9H8F2O2S/c10-9(11)14-7-3-1-2-6(4-7)5-8(12)13/h1-4,9H,5H2,(H,12,13). The van der Waals surface area contributed by atoms with Gasteiger partial charge in [0.1, 0.15) is 0 Å². The zero-order valence-corrected chi connectivity index (χ0v) is 7.93. The van der Waals surface area contributed by atoms with Crippen molar-refractivity contribution in [3.63, 3.8) is 0 Å². The Morgan fingerprint density at radius 3 is 2.79 bits per heavy atom. The van der Waals surface area contributed by atoms with Crippen molar-refractivity contribution < 1.29 is 18.7 Å². The molecule has 0 amide bonds. The van der Waals surface area contributed by atoms with E-state index in [0.29, 0.717) is 22.2 Å². The lowest BCUT2D eigenvalue weighted by atomic mass is 10.2. The van der Waals surface area contributed by atoms with E-state index < -0.39 is 11.7 Å². The fraction of sp³-hybridized carbons (Fsp3) is 0.222. The number of benzene rings is 1. The summed E-state index contributed by atoms with van der Waals surface area (Å²) in [5, 5.41) is 8.48. The van der Waals surface area contributed by atoms with Crippen molar-refractivity contribution in [2.75, 3.05) is 0 Å². The van der Waals surface area contributed by atoms with E-state index in [1.807, 2.05) is 0 Å². The summed E-state index contributed by atoms with van der Waals surface area (Å²) in [5.74, 6) is -3.45. The smallest absolute Gasteiger partial charge is 0.307 e. The summed E-state index contributed by atoms with van der Waals surface area (Å²) in [7, 11) is 0. The molecule has 0 saturated heterocycles. The highest BCUT2D eigenvalue weighted by atomic mass is 32.2. The Labute approximate surface area is 83.9 Å². The Morgan fingerprint density at radius 1 is 1.50 bits per heavy atom. The summed E-state index contributed by atoms with van der Waals surface area (Å²) < 4.78 is 23.9. The van der Waals surface area contributed by atoms with E-state index in [1.54, 1.807) is 12.1 Å². The second kappa shape index (κ2) is 4.95.